The molecule has 0 N–H and O–H groups in total. The average molecular weight is 292 g/mol. The number of aromatic nitrogens is 3. The van der Waals surface area contributed by atoms with Gasteiger partial charge in [-0.3, -0.25) is 0 Å². The fourth-order valence-electron chi connectivity index (χ4n) is 3.25. The Labute approximate surface area is 125 Å². The Bertz CT molecular complexity index is 620. The molecule has 0 amide bonds. The van der Waals surface area contributed by atoms with Crippen molar-refractivity contribution in [1.82, 2.24) is 14.5 Å². The SMILES string of the molecule is CCC1(Cn2c(C(C)Cl)nc3c(C)ccnc32)CCC1. The second-order valence-electron chi connectivity index (χ2n) is 6.18. The fraction of sp³-hybridized carbons (Fsp3) is 0.625. The van der Waals surface area contributed by atoms with Crippen molar-refractivity contribution in [3.63, 3.8) is 0 Å². The van der Waals surface area contributed by atoms with Crippen LogP contribution in [0.5, 0.6) is 0 Å². The highest BCUT2D eigenvalue weighted by molar-refractivity contribution is 6.20. The van der Waals surface area contributed by atoms with Gasteiger partial charge in [0.1, 0.15) is 11.3 Å². The van der Waals surface area contributed by atoms with E-state index in [0.29, 0.717) is 5.41 Å². The lowest BCUT2D eigenvalue weighted by atomic mass is 9.67. The molecular weight excluding hydrogens is 270 g/mol. The first-order valence-corrected chi connectivity index (χ1v) is 7.96. The standard InChI is InChI=1S/C16H22ClN3/c1-4-16(7-5-8-16)10-20-14(12(3)17)19-13-11(2)6-9-18-15(13)20/h6,9,12H,4-5,7-8,10H2,1-3H3. The van der Waals surface area contributed by atoms with Crippen molar-refractivity contribution in [2.24, 2.45) is 5.41 Å². The summed E-state index contributed by atoms with van der Waals surface area (Å²) in [6.45, 7) is 7.38. The number of pyridine rings is 1. The first kappa shape index (κ1) is 13.9. The molecule has 0 aliphatic heterocycles. The van der Waals surface area contributed by atoms with Crippen molar-refractivity contribution < 1.29 is 0 Å². The number of aryl methyl sites for hydroxylation is 1. The highest BCUT2D eigenvalue weighted by Gasteiger charge is 2.36. The summed E-state index contributed by atoms with van der Waals surface area (Å²) in [4.78, 5) is 9.32. The third kappa shape index (κ3) is 2.12. The van der Waals surface area contributed by atoms with E-state index in [2.05, 4.69) is 23.4 Å². The molecule has 20 heavy (non-hydrogen) atoms. The van der Waals surface area contributed by atoms with E-state index in [1.54, 1.807) is 0 Å². The van der Waals surface area contributed by atoms with Crippen molar-refractivity contribution in [2.45, 2.75) is 58.4 Å². The van der Waals surface area contributed by atoms with Crippen LogP contribution in [0.25, 0.3) is 11.2 Å². The Hall–Kier alpha value is -1.09. The molecule has 108 valence electrons. The molecule has 0 aromatic carbocycles. The summed E-state index contributed by atoms with van der Waals surface area (Å²) in [5.41, 5.74) is 3.60. The fourth-order valence-corrected chi connectivity index (χ4v) is 3.42. The van der Waals surface area contributed by atoms with Crippen LogP contribution in [0.2, 0.25) is 0 Å². The molecule has 1 aliphatic carbocycles. The van der Waals surface area contributed by atoms with Gasteiger partial charge in [-0.2, -0.15) is 0 Å². The lowest BCUT2D eigenvalue weighted by Crippen LogP contribution is -2.34. The van der Waals surface area contributed by atoms with Gasteiger partial charge in [-0.05, 0) is 50.2 Å². The minimum atomic E-state index is -0.0856. The van der Waals surface area contributed by atoms with E-state index in [0.717, 1.165) is 23.5 Å². The molecule has 3 nitrogen and oxygen atoms in total. The molecule has 3 rings (SSSR count). The van der Waals surface area contributed by atoms with Crippen LogP contribution in [0.3, 0.4) is 0 Å². The molecule has 1 fully saturated rings. The molecule has 0 radical (unpaired) electrons. The van der Waals surface area contributed by atoms with Gasteiger partial charge in [0, 0.05) is 12.7 Å². The molecule has 1 atom stereocenters. The topological polar surface area (TPSA) is 30.7 Å². The summed E-state index contributed by atoms with van der Waals surface area (Å²) >= 11 is 6.35. The van der Waals surface area contributed by atoms with Crippen LogP contribution >= 0.6 is 11.6 Å². The molecule has 1 unspecified atom stereocenters. The van der Waals surface area contributed by atoms with Gasteiger partial charge in [0.15, 0.2) is 5.65 Å². The number of halogens is 1. The lowest BCUT2D eigenvalue weighted by Gasteiger charge is -2.42. The van der Waals surface area contributed by atoms with E-state index >= 15 is 0 Å². The summed E-state index contributed by atoms with van der Waals surface area (Å²) in [6.07, 6.45) is 7.06. The number of rotatable bonds is 4. The number of hydrogen-bond donors (Lipinski definition) is 0. The molecule has 2 heterocycles. The molecule has 0 saturated heterocycles. The Morgan fingerprint density at radius 1 is 1.45 bits per heavy atom. The summed E-state index contributed by atoms with van der Waals surface area (Å²) in [7, 11) is 0. The minimum Gasteiger partial charge on any atom is -0.311 e. The zero-order chi connectivity index (χ0) is 14.3. The van der Waals surface area contributed by atoms with Gasteiger partial charge in [-0.25, -0.2) is 9.97 Å². The normalized spacial score (nSPS) is 19.0. The van der Waals surface area contributed by atoms with Gasteiger partial charge in [0.25, 0.3) is 0 Å². The Balaban J connectivity index is 2.12. The van der Waals surface area contributed by atoms with Gasteiger partial charge in [0.2, 0.25) is 0 Å². The van der Waals surface area contributed by atoms with Crippen LogP contribution in [0.15, 0.2) is 12.3 Å². The average Bonchev–Trinajstić information content (AvgIpc) is 2.74. The van der Waals surface area contributed by atoms with E-state index in [1.807, 2.05) is 19.2 Å². The van der Waals surface area contributed by atoms with Crippen molar-refractivity contribution in [3.8, 4) is 0 Å². The second kappa shape index (κ2) is 5.03. The van der Waals surface area contributed by atoms with Crippen LogP contribution in [-0.2, 0) is 6.54 Å². The minimum absolute atomic E-state index is 0.0856. The van der Waals surface area contributed by atoms with E-state index < -0.39 is 0 Å². The van der Waals surface area contributed by atoms with Crippen molar-refractivity contribution >= 4 is 22.8 Å². The Kier molecular flexibility index (Phi) is 3.49. The lowest BCUT2D eigenvalue weighted by molar-refractivity contribution is 0.100. The number of imidazole rings is 1. The second-order valence-corrected chi connectivity index (χ2v) is 6.83. The summed E-state index contributed by atoms with van der Waals surface area (Å²) in [5.74, 6) is 0.961. The van der Waals surface area contributed by atoms with Crippen LogP contribution in [-0.4, -0.2) is 14.5 Å². The van der Waals surface area contributed by atoms with Gasteiger partial charge in [-0.1, -0.05) is 13.3 Å². The zero-order valence-electron chi connectivity index (χ0n) is 12.5. The Morgan fingerprint density at radius 2 is 2.20 bits per heavy atom. The zero-order valence-corrected chi connectivity index (χ0v) is 13.2. The quantitative estimate of drug-likeness (QED) is 0.770. The molecule has 2 aromatic rings. The Morgan fingerprint density at radius 3 is 2.75 bits per heavy atom. The molecule has 1 aliphatic rings. The van der Waals surface area contributed by atoms with E-state index in [1.165, 1.54) is 31.2 Å². The molecule has 2 aromatic heterocycles. The number of nitrogens with zero attached hydrogens (tertiary/aromatic N) is 3. The highest BCUT2D eigenvalue weighted by Crippen LogP contribution is 2.46. The van der Waals surface area contributed by atoms with Gasteiger partial charge in [-0.15, -0.1) is 11.6 Å². The van der Waals surface area contributed by atoms with Gasteiger partial charge in [0.05, 0.1) is 5.38 Å². The number of fused-ring (bicyclic) bond motifs is 1. The smallest absolute Gasteiger partial charge is 0.160 e. The highest BCUT2D eigenvalue weighted by atomic mass is 35.5. The molecule has 0 spiro atoms. The third-order valence-electron chi connectivity index (χ3n) is 4.88. The van der Waals surface area contributed by atoms with Gasteiger partial charge < -0.3 is 4.57 Å². The summed E-state index contributed by atoms with van der Waals surface area (Å²) in [5, 5.41) is -0.0856. The van der Waals surface area contributed by atoms with Crippen LogP contribution in [0.1, 0.15) is 56.3 Å². The number of alkyl halides is 1. The first-order valence-electron chi connectivity index (χ1n) is 7.52. The first-order chi connectivity index (χ1) is 9.56. The van der Waals surface area contributed by atoms with Crippen molar-refractivity contribution in [2.75, 3.05) is 0 Å². The van der Waals surface area contributed by atoms with Crippen molar-refractivity contribution in [1.29, 1.82) is 0 Å². The maximum atomic E-state index is 6.35. The predicted molar refractivity (Wildman–Crippen MR) is 83.1 cm³/mol. The third-order valence-corrected chi connectivity index (χ3v) is 5.07. The molecular formula is C16H22ClN3. The predicted octanol–water partition coefficient (Wildman–Crippen LogP) is 4.62. The molecule has 1 saturated carbocycles. The van der Waals surface area contributed by atoms with Crippen LogP contribution in [0, 0.1) is 12.3 Å². The van der Waals surface area contributed by atoms with Crippen LogP contribution < -0.4 is 0 Å². The van der Waals surface area contributed by atoms with Crippen LogP contribution in [0.4, 0.5) is 0 Å². The van der Waals surface area contributed by atoms with Gasteiger partial charge >= 0.3 is 0 Å². The molecule has 0 bridgehead atoms. The maximum Gasteiger partial charge on any atom is 0.160 e. The molecule has 4 heteroatoms. The number of hydrogen-bond acceptors (Lipinski definition) is 2. The van der Waals surface area contributed by atoms with E-state index in [-0.39, 0.29) is 5.38 Å². The monoisotopic (exact) mass is 291 g/mol. The largest absolute Gasteiger partial charge is 0.311 e. The summed E-state index contributed by atoms with van der Waals surface area (Å²) < 4.78 is 2.27. The maximum absolute atomic E-state index is 6.35. The van der Waals surface area contributed by atoms with Crippen molar-refractivity contribution in [3.05, 3.63) is 23.7 Å². The summed E-state index contributed by atoms with van der Waals surface area (Å²) in [6, 6.07) is 2.02. The van der Waals surface area contributed by atoms with E-state index in [9.17, 15) is 0 Å². The van der Waals surface area contributed by atoms with E-state index in [4.69, 9.17) is 16.6 Å².